The Morgan fingerprint density at radius 1 is 1.46 bits per heavy atom. The molecule has 1 saturated carbocycles. The van der Waals surface area contributed by atoms with Crippen molar-refractivity contribution in [3.8, 4) is 0 Å². The van der Waals surface area contributed by atoms with Crippen molar-refractivity contribution in [2.45, 2.75) is 57.9 Å². The van der Waals surface area contributed by atoms with Crippen LogP contribution in [0, 0.1) is 11.8 Å². The van der Waals surface area contributed by atoms with Crippen LogP contribution < -0.4 is 5.32 Å². The minimum atomic E-state index is 0.0299. The third kappa shape index (κ3) is 3.82. The molecule has 0 bridgehead atoms. The minimum absolute atomic E-state index is 0.0299. The summed E-state index contributed by atoms with van der Waals surface area (Å²) in [7, 11) is 1.92. The van der Waals surface area contributed by atoms with Crippen molar-refractivity contribution in [3.05, 3.63) is 18.0 Å². The molecule has 3 unspecified atom stereocenters. The highest BCUT2D eigenvalue weighted by Crippen LogP contribution is 2.47. The predicted octanol–water partition coefficient (Wildman–Crippen LogP) is 2.54. The van der Waals surface area contributed by atoms with E-state index in [9.17, 15) is 4.79 Å². The van der Waals surface area contributed by atoms with E-state index in [2.05, 4.69) is 36.1 Å². The summed E-state index contributed by atoms with van der Waals surface area (Å²) < 4.78 is 1.81. The average molecular weight is 332 g/mol. The van der Waals surface area contributed by atoms with Crippen LogP contribution in [0.1, 0.15) is 57.9 Å². The monoisotopic (exact) mass is 332 g/mol. The number of rotatable bonds is 6. The van der Waals surface area contributed by atoms with E-state index in [0.29, 0.717) is 5.92 Å². The van der Waals surface area contributed by atoms with Crippen LogP contribution in [0.25, 0.3) is 0 Å². The van der Waals surface area contributed by atoms with Crippen molar-refractivity contribution in [1.29, 1.82) is 0 Å². The lowest BCUT2D eigenvalue weighted by Gasteiger charge is -2.43. The smallest absolute Gasteiger partial charge is 0.223 e. The summed E-state index contributed by atoms with van der Waals surface area (Å²) in [5.41, 5.74) is 1.22. The Morgan fingerprint density at radius 3 is 2.92 bits per heavy atom. The Labute approximate surface area is 145 Å². The van der Waals surface area contributed by atoms with Gasteiger partial charge in [-0.3, -0.25) is 14.4 Å². The highest BCUT2D eigenvalue weighted by atomic mass is 16.2. The van der Waals surface area contributed by atoms with Crippen LogP contribution in [-0.2, 0) is 11.8 Å². The van der Waals surface area contributed by atoms with E-state index >= 15 is 0 Å². The Balaban J connectivity index is 1.49. The molecule has 2 aliphatic rings. The molecule has 134 valence electrons. The highest BCUT2D eigenvalue weighted by molar-refractivity contribution is 5.82. The summed E-state index contributed by atoms with van der Waals surface area (Å²) in [5, 5.41) is 7.43. The number of amides is 1. The highest BCUT2D eigenvalue weighted by Gasteiger charge is 2.45. The van der Waals surface area contributed by atoms with Gasteiger partial charge in [-0.25, -0.2) is 0 Å². The van der Waals surface area contributed by atoms with Gasteiger partial charge in [-0.2, -0.15) is 5.10 Å². The Morgan fingerprint density at radius 2 is 2.25 bits per heavy atom. The second kappa shape index (κ2) is 6.87. The molecule has 3 rings (SSSR count). The molecule has 2 heterocycles. The number of likely N-dealkylation sites (tertiary alicyclic amines) is 1. The number of nitrogens with zero attached hydrogens (tertiary/aromatic N) is 3. The van der Waals surface area contributed by atoms with E-state index < -0.39 is 0 Å². The first-order valence-corrected chi connectivity index (χ1v) is 9.42. The molecule has 1 aliphatic carbocycles. The predicted molar refractivity (Wildman–Crippen MR) is 95.7 cm³/mol. The van der Waals surface area contributed by atoms with E-state index in [1.807, 2.05) is 24.1 Å². The van der Waals surface area contributed by atoms with Gasteiger partial charge in [-0.05, 0) is 57.1 Å². The number of carbonyl (C=O) groups is 1. The molecule has 0 aromatic carbocycles. The normalized spacial score (nSPS) is 27.9. The fourth-order valence-corrected chi connectivity index (χ4v) is 3.98. The molecular weight excluding hydrogens is 300 g/mol. The van der Waals surface area contributed by atoms with Gasteiger partial charge in [0.25, 0.3) is 0 Å². The summed E-state index contributed by atoms with van der Waals surface area (Å²) in [6.07, 6.45) is 8.76. The van der Waals surface area contributed by atoms with Gasteiger partial charge in [0.2, 0.25) is 5.91 Å². The van der Waals surface area contributed by atoms with Gasteiger partial charge >= 0.3 is 0 Å². The van der Waals surface area contributed by atoms with E-state index in [0.717, 1.165) is 25.4 Å². The molecule has 0 radical (unpaired) electrons. The van der Waals surface area contributed by atoms with Gasteiger partial charge in [0.15, 0.2) is 0 Å². The number of aryl methyl sites for hydroxylation is 1. The summed E-state index contributed by atoms with van der Waals surface area (Å²) in [5.74, 6) is 1.52. The van der Waals surface area contributed by atoms with Crippen LogP contribution in [0.3, 0.4) is 0 Å². The molecule has 5 nitrogen and oxygen atoms in total. The first kappa shape index (κ1) is 17.5. The molecule has 1 aliphatic heterocycles. The van der Waals surface area contributed by atoms with Crippen molar-refractivity contribution in [2.75, 3.05) is 19.6 Å². The first-order valence-electron chi connectivity index (χ1n) is 9.42. The fraction of sp³-hybridized carbons (Fsp3) is 0.789. The van der Waals surface area contributed by atoms with Gasteiger partial charge in [0.05, 0.1) is 6.20 Å². The van der Waals surface area contributed by atoms with Gasteiger partial charge in [-0.1, -0.05) is 13.3 Å². The minimum Gasteiger partial charge on any atom is -0.354 e. The maximum atomic E-state index is 12.5. The average Bonchev–Trinajstić information content (AvgIpc) is 3.27. The maximum absolute atomic E-state index is 12.5. The number of hydrogen-bond acceptors (Lipinski definition) is 3. The zero-order chi connectivity index (χ0) is 17.3. The number of piperidine rings is 1. The summed E-state index contributed by atoms with van der Waals surface area (Å²) >= 11 is 0. The Bertz CT molecular complexity index is 580. The molecule has 1 N–H and O–H groups in total. The summed E-state index contributed by atoms with van der Waals surface area (Å²) in [6.45, 7) is 9.86. The standard InChI is InChI=1S/C19H32N4O/c1-5-14-7-6-8-23(11-14)19(2,3)13-20-18(24)17-9-16(17)15-10-21-22(4)12-15/h10,12,14,16-17H,5-9,11,13H2,1-4H3,(H,20,24). The largest absolute Gasteiger partial charge is 0.354 e. The summed E-state index contributed by atoms with van der Waals surface area (Å²) in [6, 6.07) is 0. The van der Waals surface area contributed by atoms with Gasteiger partial charge in [0, 0.05) is 37.8 Å². The van der Waals surface area contributed by atoms with E-state index in [1.165, 1.54) is 31.4 Å². The third-order valence-electron chi connectivity index (χ3n) is 5.93. The zero-order valence-corrected chi connectivity index (χ0v) is 15.6. The number of aromatic nitrogens is 2. The van der Waals surface area contributed by atoms with Gasteiger partial charge < -0.3 is 5.32 Å². The molecule has 1 saturated heterocycles. The van der Waals surface area contributed by atoms with E-state index in [4.69, 9.17) is 0 Å². The molecule has 1 aromatic heterocycles. The molecule has 24 heavy (non-hydrogen) atoms. The quantitative estimate of drug-likeness (QED) is 0.871. The molecule has 2 fully saturated rings. The third-order valence-corrected chi connectivity index (χ3v) is 5.93. The van der Waals surface area contributed by atoms with Gasteiger partial charge in [-0.15, -0.1) is 0 Å². The van der Waals surface area contributed by atoms with Crippen LogP contribution in [0.5, 0.6) is 0 Å². The van der Waals surface area contributed by atoms with Crippen LogP contribution in [0.4, 0.5) is 0 Å². The number of nitrogens with one attached hydrogen (secondary N) is 1. The van der Waals surface area contributed by atoms with Crippen molar-refractivity contribution in [1.82, 2.24) is 20.0 Å². The molecular formula is C19H32N4O. The lowest BCUT2D eigenvalue weighted by molar-refractivity contribution is -0.123. The van der Waals surface area contributed by atoms with Crippen LogP contribution >= 0.6 is 0 Å². The Hall–Kier alpha value is -1.36. The van der Waals surface area contributed by atoms with Crippen molar-refractivity contribution in [3.63, 3.8) is 0 Å². The van der Waals surface area contributed by atoms with E-state index in [1.54, 1.807) is 0 Å². The lowest BCUT2D eigenvalue weighted by atomic mass is 9.91. The van der Waals surface area contributed by atoms with E-state index in [-0.39, 0.29) is 17.4 Å². The summed E-state index contributed by atoms with van der Waals surface area (Å²) in [4.78, 5) is 15.1. The second-order valence-electron chi connectivity index (χ2n) is 8.29. The topological polar surface area (TPSA) is 50.2 Å². The molecule has 3 atom stereocenters. The fourth-order valence-electron chi connectivity index (χ4n) is 3.98. The SMILES string of the molecule is CCC1CCCN(C(C)(C)CNC(=O)C2CC2c2cnn(C)c2)C1. The van der Waals surface area contributed by atoms with Crippen molar-refractivity contribution >= 4 is 5.91 Å². The Kier molecular flexibility index (Phi) is 5.00. The van der Waals surface area contributed by atoms with Gasteiger partial charge in [0.1, 0.15) is 0 Å². The van der Waals surface area contributed by atoms with Crippen LogP contribution in [0.15, 0.2) is 12.4 Å². The maximum Gasteiger partial charge on any atom is 0.223 e. The number of carbonyl (C=O) groups excluding carboxylic acids is 1. The zero-order valence-electron chi connectivity index (χ0n) is 15.6. The van der Waals surface area contributed by atoms with Crippen LogP contribution in [0.2, 0.25) is 0 Å². The molecule has 0 spiro atoms. The number of hydrogen-bond donors (Lipinski definition) is 1. The first-order chi connectivity index (χ1) is 11.4. The lowest BCUT2D eigenvalue weighted by Crippen LogP contribution is -2.55. The van der Waals surface area contributed by atoms with Crippen LogP contribution in [-0.4, -0.2) is 45.8 Å². The van der Waals surface area contributed by atoms with Crippen molar-refractivity contribution < 1.29 is 4.79 Å². The molecule has 1 amide bonds. The second-order valence-corrected chi connectivity index (χ2v) is 8.29. The molecule has 5 heteroatoms. The molecule has 1 aromatic rings. The van der Waals surface area contributed by atoms with Crippen molar-refractivity contribution in [2.24, 2.45) is 18.9 Å².